The summed E-state index contributed by atoms with van der Waals surface area (Å²) in [4.78, 5) is 12.0. The Balaban J connectivity index is 2.09. The molecule has 1 aliphatic rings. The Labute approximate surface area is 119 Å². The molecule has 0 bridgehead atoms. The number of hydrogen-bond donors (Lipinski definition) is 2. The van der Waals surface area contributed by atoms with E-state index in [-0.39, 0.29) is 17.3 Å². The van der Waals surface area contributed by atoms with Gasteiger partial charge in [-0.2, -0.15) is 0 Å². The molecule has 6 heteroatoms. The monoisotopic (exact) mass is 294 g/mol. The second-order valence-electron chi connectivity index (χ2n) is 4.82. The van der Waals surface area contributed by atoms with Crippen molar-refractivity contribution in [2.45, 2.75) is 17.7 Å². The molecule has 1 saturated carbocycles. The fourth-order valence-corrected chi connectivity index (χ4v) is 2.76. The van der Waals surface area contributed by atoms with Crippen molar-refractivity contribution in [1.29, 1.82) is 0 Å². The largest absolute Gasteiger partial charge is 0.352 e. The van der Waals surface area contributed by atoms with Crippen LogP contribution in [0.3, 0.4) is 0 Å². The fourth-order valence-electron chi connectivity index (χ4n) is 1.72. The number of hydrogen-bond acceptors (Lipinski definition) is 3. The Hall–Kier alpha value is -1.66. The van der Waals surface area contributed by atoms with Crippen LogP contribution in [0.15, 0.2) is 41.8 Å². The van der Waals surface area contributed by atoms with Crippen molar-refractivity contribution < 1.29 is 13.2 Å². The Morgan fingerprint density at radius 1 is 1.40 bits per heavy atom. The standard InChI is InChI=1S/C14H18N2O3S/c1-2-8-16-20(18,19)13-5-3-4-12(9-13)14(17)15-10-11-6-7-11/h2-5,9,11,16H,1,6-8,10H2,(H,15,17). The topological polar surface area (TPSA) is 75.3 Å². The summed E-state index contributed by atoms with van der Waals surface area (Å²) in [7, 11) is -3.60. The van der Waals surface area contributed by atoms with E-state index in [0.717, 1.165) is 12.8 Å². The highest BCUT2D eigenvalue weighted by molar-refractivity contribution is 7.89. The second kappa shape index (κ2) is 6.19. The van der Waals surface area contributed by atoms with E-state index >= 15 is 0 Å². The van der Waals surface area contributed by atoms with Gasteiger partial charge < -0.3 is 5.32 Å². The molecular formula is C14H18N2O3S. The molecule has 1 aromatic carbocycles. The lowest BCUT2D eigenvalue weighted by molar-refractivity contribution is 0.0951. The molecule has 2 N–H and O–H groups in total. The lowest BCUT2D eigenvalue weighted by Gasteiger charge is -2.07. The van der Waals surface area contributed by atoms with Crippen LogP contribution in [-0.2, 0) is 10.0 Å². The van der Waals surface area contributed by atoms with Crippen molar-refractivity contribution in [3.8, 4) is 0 Å². The molecular weight excluding hydrogens is 276 g/mol. The molecule has 0 heterocycles. The summed E-state index contributed by atoms with van der Waals surface area (Å²) in [5.74, 6) is 0.345. The minimum absolute atomic E-state index is 0.0819. The van der Waals surface area contributed by atoms with Gasteiger partial charge >= 0.3 is 0 Å². The Morgan fingerprint density at radius 3 is 2.80 bits per heavy atom. The van der Waals surface area contributed by atoms with Crippen LogP contribution in [-0.4, -0.2) is 27.4 Å². The van der Waals surface area contributed by atoms with Crippen LogP contribution in [0, 0.1) is 5.92 Å². The van der Waals surface area contributed by atoms with Gasteiger partial charge in [0.1, 0.15) is 0 Å². The number of rotatable bonds is 7. The van der Waals surface area contributed by atoms with Crippen LogP contribution in [0.25, 0.3) is 0 Å². The first-order valence-corrected chi connectivity index (χ1v) is 8.00. The predicted octanol–water partition coefficient (Wildman–Crippen LogP) is 1.29. The molecule has 0 saturated heterocycles. The molecule has 1 amide bonds. The van der Waals surface area contributed by atoms with Crippen molar-refractivity contribution in [3.05, 3.63) is 42.5 Å². The molecule has 0 radical (unpaired) electrons. The summed E-state index contributed by atoms with van der Waals surface area (Å²) in [6.07, 6.45) is 3.77. The van der Waals surface area contributed by atoms with Gasteiger partial charge in [-0.1, -0.05) is 12.1 Å². The maximum atomic E-state index is 12.0. The van der Waals surface area contributed by atoms with E-state index in [9.17, 15) is 13.2 Å². The zero-order valence-corrected chi connectivity index (χ0v) is 11.9. The van der Waals surface area contributed by atoms with E-state index in [0.29, 0.717) is 18.0 Å². The fraction of sp³-hybridized carbons (Fsp3) is 0.357. The smallest absolute Gasteiger partial charge is 0.251 e. The first-order valence-electron chi connectivity index (χ1n) is 6.52. The molecule has 1 aliphatic carbocycles. The molecule has 0 aliphatic heterocycles. The molecule has 108 valence electrons. The lowest BCUT2D eigenvalue weighted by Crippen LogP contribution is -2.27. The second-order valence-corrected chi connectivity index (χ2v) is 6.59. The van der Waals surface area contributed by atoms with Gasteiger partial charge in [-0.3, -0.25) is 4.79 Å². The van der Waals surface area contributed by atoms with Crippen LogP contribution >= 0.6 is 0 Å². The van der Waals surface area contributed by atoms with E-state index in [2.05, 4.69) is 16.6 Å². The van der Waals surface area contributed by atoms with Crippen LogP contribution in [0.1, 0.15) is 23.2 Å². The SMILES string of the molecule is C=CCNS(=O)(=O)c1cccc(C(=O)NCC2CC2)c1. The van der Waals surface area contributed by atoms with Gasteiger partial charge in [0.2, 0.25) is 10.0 Å². The Kier molecular flexibility index (Phi) is 4.57. The molecule has 2 rings (SSSR count). The van der Waals surface area contributed by atoms with Gasteiger partial charge in [-0.25, -0.2) is 13.1 Å². The zero-order chi connectivity index (χ0) is 14.6. The first kappa shape index (κ1) is 14.7. The summed E-state index contributed by atoms with van der Waals surface area (Å²) in [6.45, 7) is 4.27. The van der Waals surface area contributed by atoms with E-state index in [1.54, 1.807) is 12.1 Å². The van der Waals surface area contributed by atoms with Gasteiger partial charge in [0.15, 0.2) is 0 Å². The molecule has 1 fully saturated rings. The summed E-state index contributed by atoms with van der Waals surface area (Å²) in [5.41, 5.74) is 0.354. The van der Waals surface area contributed by atoms with Crippen LogP contribution in [0.5, 0.6) is 0 Å². The molecule has 0 spiro atoms. The number of amides is 1. The Bertz CT molecular complexity index is 607. The van der Waals surface area contributed by atoms with Gasteiger partial charge in [0.25, 0.3) is 5.91 Å². The highest BCUT2D eigenvalue weighted by atomic mass is 32.2. The zero-order valence-electron chi connectivity index (χ0n) is 11.1. The van der Waals surface area contributed by atoms with E-state index < -0.39 is 10.0 Å². The van der Waals surface area contributed by atoms with Crippen molar-refractivity contribution in [1.82, 2.24) is 10.0 Å². The average molecular weight is 294 g/mol. The average Bonchev–Trinajstić information content (AvgIpc) is 3.27. The van der Waals surface area contributed by atoms with Crippen molar-refractivity contribution in [2.24, 2.45) is 5.92 Å². The highest BCUT2D eigenvalue weighted by Crippen LogP contribution is 2.27. The van der Waals surface area contributed by atoms with Crippen LogP contribution in [0.2, 0.25) is 0 Å². The number of benzene rings is 1. The molecule has 0 atom stereocenters. The third-order valence-corrected chi connectivity index (χ3v) is 4.49. The molecule has 0 unspecified atom stereocenters. The number of carbonyl (C=O) groups is 1. The van der Waals surface area contributed by atoms with E-state index in [4.69, 9.17) is 0 Å². The third-order valence-electron chi connectivity index (χ3n) is 3.07. The summed E-state index contributed by atoms with van der Waals surface area (Å²) < 4.78 is 26.3. The minimum atomic E-state index is -3.60. The maximum absolute atomic E-state index is 12.0. The normalized spacial score (nSPS) is 14.8. The minimum Gasteiger partial charge on any atom is -0.352 e. The highest BCUT2D eigenvalue weighted by Gasteiger charge is 2.22. The molecule has 1 aromatic rings. The Morgan fingerprint density at radius 2 is 2.15 bits per heavy atom. The van der Waals surface area contributed by atoms with Crippen molar-refractivity contribution in [2.75, 3.05) is 13.1 Å². The van der Waals surface area contributed by atoms with E-state index in [1.165, 1.54) is 18.2 Å². The molecule has 0 aromatic heterocycles. The van der Waals surface area contributed by atoms with Gasteiger partial charge in [-0.15, -0.1) is 6.58 Å². The van der Waals surface area contributed by atoms with Crippen LogP contribution < -0.4 is 10.0 Å². The van der Waals surface area contributed by atoms with Crippen LogP contribution in [0.4, 0.5) is 0 Å². The summed E-state index contributed by atoms with van der Waals surface area (Å²) in [5, 5.41) is 2.81. The predicted molar refractivity (Wildman–Crippen MR) is 76.9 cm³/mol. The quantitative estimate of drug-likeness (QED) is 0.744. The maximum Gasteiger partial charge on any atom is 0.251 e. The number of nitrogens with one attached hydrogen (secondary N) is 2. The van der Waals surface area contributed by atoms with Crippen molar-refractivity contribution in [3.63, 3.8) is 0 Å². The number of sulfonamides is 1. The lowest BCUT2D eigenvalue weighted by atomic mass is 10.2. The van der Waals surface area contributed by atoms with Crippen molar-refractivity contribution >= 4 is 15.9 Å². The summed E-state index contributed by atoms with van der Waals surface area (Å²) >= 11 is 0. The summed E-state index contributed by atoms with van der Waals surface area (Å²) in [6, 6.07) is 6.01. The molecule has 5 nitrogen and oxygen atoms in total. The molecule has 20 heavy (non-hydrogen) atoms. The van der Waals surface area contributed by atoms with Gasteiger partial charge in [0.05, 0.1) is 4.90 Å². The third kappa shape index (κ3) is 3.91. The van der Waals surface area contributed by atoms with Gasteiger partial charge in [0, 0.05) is 18.7 Å². The van der Waals surface area contributed by atoms with Gasteiger partial charge in [-0.05, 0) is 37.0 Å². The van der Waals surface area contributed by atoms with E-state index in [1.807, 2.05) is 0 Å². The number of carbonyl (C=O) groups excluding carboxylic acids is 1. The first-order chi connectivity index (χ1) is 9.53.